The van der Waals surface area contributed by atoms with Gasteiger partial charge < -0.3 is 0 Å². The molecular weight excluding hydrogens is 319 g/mol. The maximum atomic E-state index is 12.6. The Bertz CT molecular complexity index is 552. The first-order valence-electron chi connectivity index (χ1n) is 6.73. The Hall–Kier alpha value is -1.38. The first-order valence-corrected chi connectivity index (χ1v) is 8.45. The number of benzene rings is 1. The summed E-state index contributed by atoms with van der Waals surface area (Å²) in [4.78, 5) is 24.6. The second-order valence-electron chi connectivity index (χ2n) is 5.26. The van der Waals surface area contributed by atoms with Crippen molar-refractivity contribution in [2.24, 2.45) is 23.7 Å². The van der Waals surface area contributed by atoms with Gasteiger partial charge in [0.2, 0.25) is 0 Å². The Morgan fingerprint density at radius 1 is 1.10 bits per heavy atom. The third-order valence-corrected chi connectivity index (χ3v) is 6.23. The van der Waals surface area contributed by atoms with E-state index in [0.717, 1.165) is 10.9 Å². The third-order valence-electron chi connectivity index (χ3n) is 4.17. The van der Waals surface area contributed by atoms with E-state index >= 15 is 0 Å². The van der Waals surface area contributed by atoms with Crippen LogP contribution >= 0.6 is 0 Å². The first-order chi connectivity index (χ1) is 9.70. The number of hydrogen-bond acceptors (Lipinski definition) is 3. The van der Waals surface area contributed by atoms with Crippen molar-refractivity contribution in [3.63, 3.8) is 0 Å². The van der Waals surface area contributed by atoms with Crippen molar-refractivity contribution in [1.82, 2.24) is 0 Å². The molecule has 104 valence electrons. The van der Waals surface area contributed by atoms with Crippen LogP contribution in [0.2, 0.25) is 0 Å². The molecule has 0 saturated heterocycles. The Balaban J connectivity index is 1.79. The fourth-order valence-corrected chi connectivity index (χ4v) is 5.34. The number of methoxy groups -OCH3 is 1. The van der Waals surface area contributed by atoms with Crippen LogP contribution in [0.5, 0.6) is 0 Å². The van der Waals surface area contributed by atoms with Gasteiger partial charge in [-0.3, -0.25) is 0 Å². The Morgan fingerprint density at radius 2 is 1.75 bits per heavy atom. The number of rotatable bonds is 4. The molecule has 0 aromatic heterocycles. The SMILES string of the molecule is COC(=O)[C@H]1[C@H](C(=O)[Se]c2ccccc2)[C@H]2C=C[C@@H]1C2. The van der Waals surface area contributed by atoms with Crippen LogP contribution in [0.3, 0.4) is 0 Å². The van der Waals surface area contributed by atoms with Crippen LogP contribution in [0.25, 0.3) is 0 Å². The molecule has 2 aliphatic rings. The molecule has 0 unspecified atom stereocenters. The molecule has 4 atom stereocenters. The van der Waals surface area contributed by atoms with E-state index in [1.807, 2.05) is 30.3 Å². The topological polar surface area (TPSA) is 43.4 Å². The van der Waals surface area contributed by atoms with Gasteiger partial charge >= 0.3 is 124 Å². The summed E-state index contributed by atoms with van der Waals surface area (Å²) in [5, 5.41) is 0. The minimum atomic E-state index is -0.270. The second-order valence-corrected chi connectivity index (χ2v) is 7.52. The van der Waals surface area contributed by atoms with Crippen LogP contribution < -0.4 is 4.46 Å². The standard InChI is InChI=1S/C16H16O3Se/c1-19-15(17)13-10-7-8-11(9-10)14(13)16(18)20-12-5-3-2-4-6-12/h2-8,10-11,13-14H,9H2,1H3/t10-,11+,13-,14-/m1/s1. The molecule has 3 rings (SSSR count). The summed E-state index contributed by atoms with van der Waals surface area (Å²) < 4.78 is 6.19. The van der Waals surface area contributed by atoms with E-state index in [-0.39, 0.29) is 49.3 Å². The predicted octanol–water partition coefficient (Wildman–Crippen LogP) is 1.15. The number of esters is 1. The normalized spacial score (nSPS) is 30.4. The summed E-state index contributed by atoms with van der Waals surface area (Å²) in [6, 6.07) is 9.80. The summed E-state index contributed by atoms with van der Waals surface area (Å²) in [6.07, 6.45) is 5.10. The minimum absolute atomic E-state index is 0.183. The van der Waals surface area contributed by atoms with Gasteiger partial charge in [0.05, 0.1) is 0 Å². The van der Waals surface area contributed by atoms with E-state index < -0.39 is 0 Å². The molecule has 0 N–H and O–H groups in total. The zero-order valence-electron chi connectivity index (χ0n) is 11.2. The molecule has 0 aliphatic heterocycles. The zero-order chi connectivity index (χ0) is 14.1. The van der Waals surface area contributed by atoms with Crippen LogP contribution in [0.15, 0.2) is 42.5 Å². The molecule has 4 heteroatoms. The molecule has 2 bridgehead atoms. The summed E-state index contributed by atoms with van der Waals surface area (Å²) in [5.74, 6) is -0.273. The van der Waals surface area contributed by atoms with E-state index in [1.54, 1.807) is 0 Å². The predicted molar refractivity (Wildman–Crippen MR) is 76.6 cm³/mol. The van der Waals surface area contributed by atoms with Crippen molar-refractivity contribution in [2.75, 3.05) is 7.11 Å². The van der Waals surface area contributed by atoms with Crippen molar-refractivity contribution < 1.29 is 14.3 Å². The average molecular weight is 335 g/mol. The van der Waals surface area contributed by atoms with E-state index in [2.05, 4.69) is 12.2 Å². The van der Waals surface area contributed by atoms with Crippen LogP contribution in [0.1, 0.15) is 6.42 Å². The van der Waals surface area contributed by atoms with Gasteiger partial charge in [-0.1, -0.05) is 0 Å². The molecule has 1 saturated carbocycles. The van der Waals surface area contributed by atoms with Crippen LogP contribution in [-0.2, 0) is 14.3 Å². The van der Waals surface area contributed by atoms with E-state index in [0.29, 0.717) is 0 Å². The molecule has 1 aromatic carbocycles. The van der Waals surface area contributed by atoms with Crippen molar-refractivity contribution in [3.05, 3.63) is 42.5 Å². The summed E-state index contributed by atoms with van der Waals surface area (Å²) in [6.45, 7) is 0. The summed E-state index contributed by atoms with van der Waals surface area (Å²) in [7, 11) is 1.40. The van der Waals surface area contributed by atoms with Gasteiger partial charge in [0.25, 0.3) is 0 Å². The van der Waals surface area contributed by atoms with Gasteiger partial charge in [-0.15, -0.1) is 0 Å². The maximum absolute atomic E-state index is 12.6. The van der Waals surface area contributed by atoms with Crippen molar-refractivity contribution in [2.45, 2.75) is 6.42 Å². The average Bonchev–Trinajstić information content (AvgIpc) is 3.08. The van der Waals surface area contributed by atoms with E-state index in [4.69, 9.17) is 4.74 Å². The Morgan fingerprint density at radius 3 is 2.40 bits per heavy atom. The first kappa shape index (κ1) is 13.6. The number of ether oxygens (including phenoxy) is 1. The van der Waals surface area contributed by atoms with Gasteiger partial charge in [-0.05, 0) is 0 Å². The molecule has 1 fully saturated rings. The summed E-state index contributed by atoms with van der Waals surface area (Å²) >= 11 is -0.226. The van der Waals surface area contributed by atoms with Gasteiger partial charge in [0.15, 0.2) is 0 Å². The number of hydrogen-bond donors (Lipinski definition) is 0. The number of carbonyl (C=O) groups excluding carboxylic acids is 2. The van der Waals surface area contributed by atoms with Crippen molar-refractivity contribution in [3.8, 4) is 0 Å². The molecular formula is C16H16O3Se. The second kappa shape index (κ2) is 5.55. The molecule has 1 aromatic rings. The van der Waals surface area contributed by atoms with Gasteiger partial charge in [-0.25, -0.2) is 0 Å². The van der Waals surface area contributed by atoms with Crippen LogP contribution in [0.4, 0.5) is 0 Å². The van der Waals surface area contributed by atoms with Gasteiger partial charge in [0, 0.05) is 0 Å². The zero-order valence-corrected chi connectivity index (χ0v) is 12.9. The number of allylic oxidation sites excluding steroid dienone is 2. The molecule has 0 amide bonds. The van der Waals surface area contributed by atoms with Crippen molar-refractivity contribution in [1.29, 1.82) is 0 Å². The van der Waals surface area contributed by atoms with E-state index in [1.165, 1.54) is 7.11 Å². The molecule has 20 heavy (non-hydrogen) atoms. The van der Waals surface area contributed by atoms with Crippen LogP contribution in [0, 0.1) is 23.7 Å². The number of carbonyl (C=O) groups is 2. The number of fused-ring (bicyclic) bond motifs is 2. The molecule has 0 spiro atoms. The van der Waals surface area contributed by atoms with Gasteiger partial charge in [0.1, 0.15) is 0 Å². The van der Waals surface area contributed by atoms with Crippen molar-refractivity contribution >= 4 is 30.1 Å². The monoisotopic (exact) mass is 336 g/mol. The molecule has 3 nitrogen and oxygen atoms in total. The fourth-order valence-electron chi connectivity index (χ4n) is 3.27. The van der Waals surface area contributed by atoms with Crippen LogP contribution in [-0.4, -0.2) is 32.7 Å². The molecule has 2 aliphatic carbocycles. The quantitative estimate of drug-likeness (QED) is 0.471. The third kappa shape index (κ3) is 2.34. The Kier molecular flexibility index (Phi) is 3.77. The van der Waals surface area contributed by atoms with E-state index in [9.17, 15) is 9.59 Å². The Labute approximate surface area is 124 Å². The molecule has 0 radical (unpaired) electrons. The van der Waals surface area contributed by atoms with Gasteiger partial charge in [-0.2, -0.15) is 0 Å². The summed E-state index contributed by atoms with van der Waals surface area (Å²) in [5.41, 5.74) is 0. The molecule has 0 heterocycles. The fraction of sp³-hybridized carbons (Fsp3) is 0.375.